The lowest BCUT2D eigenvalue weighted by Gasteiger charge is -2.30. The van der Waals surface area contributed by atoms with E-state index >= 15 is 0 Å². The zero-order valence-electron chi connectivity index (χ0n) is 17.5. The minimum atomic E-state index is 0.0654. The summed E-state index contributed by atoms with van der Waals surface area (Å²) >= 11 is 0. The van der Waals surface area contributed by atoms with Gasteiger partial charge in [0.1, 0.15) is 0 Å². The first-order valence-corrected chi connectivity index (χ1v) is 10.2. The van der Waals surface area contributed by atoms with E-state index in [0.717, 1.165) is 61.9 Å². The number of amides is 1. The number of carbonyl (C=O) groups excluding carboxylic acids is 1. The molecule has 1 N–H and O–H groups in total. The Morgan fingerprint density at radius 1 is 1.21 bits per heavy atom. The zero-order chi connectivity index (χ0) is 20.1. The number of ether oxygens (including phenoxy) is 1. The molecule has 6 heteroatoms. The highest BCUT2D eigenvalue weighted by molar-refractivity contribution is 5.79. The molecule has 0 bridgehead atoms. The largest absolute Gasteiger partial charge is 0.379 e. The Kier molecular flexibility index (Phi) is 6.86. The van der Waals surface area contributed by atoms with Gasteiger partial charge in [-0.2, -0.15) is 5.10 Å². The third-order valence-electron chi connectivity index (χ3n) is 5.56. The molecule has 152 valence electrons. The topological polar surface area (TPSA) is 59.4 Å². The number of hydrogen-bond donors (Lipinski definition) is 1. The summed E-state index contributed by atoms with van der Waals surface area (Å²) in [6.07, 6.45) is 1.28. The molecule has 1 fully saturated rings. The molecule has 3 rings (SSSR count). The summed E-state index contributed by atoms with van der Waals surface area (Å²) in [6.45, 7) is 12.5. The van der Waals surface area contributed by atoms with E-state index in [2.05, 4.69) is 36.2 Å². The Morgan fingerprint density at radius 2 is 1.93 bits per heavy atom. The normalized spacial score (nSPS) is 16.1. The number of aromatic nitrogens is 2. The number of aryl methyl sites for hydroxylation is 2. The van der Waals surface area contributed by atoms with Crippen LogP contribution < -0.4 is 5.32 Å². The summed E-state index contributed by atoms with van der Waals surface area (Å²) in [7, 11) is 0. The first-order valence-electron chi connectivity index (χ1n) is 10.2. The molecule has 1 unspecified atom stereocenters. The van der Waals surface area contributed by atoms with Gasteiger partial charge in [0.2, 0.25) is 5.91 Å². The van der Waals surface area contributed by atoms with Crippen molar-refractivity contribution in [1.29, 1.82) is 0 Å². The molecular weight excluding hydrogens is 352 g/mol. The molecule has 2 aromatic rings. The van der Waals surface area contributed by atoms with Crippen LogP contribution >= 0.6 is 0 Å². The highest BCUT2D eigenvalue weighted by Crippen LogP contribution is 2.20. The van der Waals surface area contributed by atoms with Gasteiger partial charge in [0.25, 0.3) is 0 Å². The fraction of sp³-hybridized carbons (Fsp3) is 0.545. The molecule has 6 nitrogen and oxygen atoms in total. The predicted molar refractivity (Wildman–Crippen MR) is 111 cm³/mol. The second-order valence-electron chi connectivity index (χ2n) is 7.61. The maximum atomic E-state index is 12.7. The van der Waals surface area contributed by atoms with Crippen molar-refractivity contribution in [3.8, 4) is 5.69 Å². The van der Waals surface area contributed by atoms with Gasteiger partial charge in [-0.1, -0.05) is 25.1 Å². The molecule has 1 amide bonds. The number of nitrogens with zero attached hydrogens (tertiary/aromatic N) is 3. The maximum Gasteiger partial charge on any atom is 0.224 e. The van der Waals surface area contributed by atoms with Crippen molar-refractivity contribution in [3.63, 3.8) is 0 Å². The van der Waals surface area contributed by atoms with Gasteiger partial charge in [-0.05, 0) is 38.8 Å². The first kappa shape index (κ1) is 20.6. The minimum Gasteiger partial charge on any atom is -0.379 e. The molecule has 1 aliphatic rings. The van der Waals surface area contributed by atoms with Crippen molar-refractivity contribution in [3.05, 3.63) is 46.8 Å². The van der Waals surface area contributed by atoms with E-state index < -0.39 is 0 Å². The summed E-state index contributed by atoms with van der Waals surface area (Å²) in [5, 5.41) is 7.92. The van der Waals surface area contributed by atoms with E-state index in [9.17, 15) is 4.79 Å². The molecule has 0 radical (unpaired) electrons. The molecule has 1 saturated heterocycles. The average Bonchev–Trinajstić information content (AvgIpc) is 2.96. The molecule has 1 aromatic carbocycles. The number of morpholine rings is 1. The summed E-state index contributed by atoms with van der Waals surface area (Å²) in [6, 6.07) is 8.35. The molecule has 0 spiro atoms. The molecule has 2 heterocycles. The fourth-order valence-electron chi connectivity index (χ4n) is 3.78. The summed E-state index contributed by atoms with van der Waals surface area (Å²) in [5.41, 5.74) is 5.19. The Hall–Kier alpha value is -2.18. The average molecular weight is 385 g/mol. The molecule has 1 aromatic heterocycles. The number of para-hydroxylation sites is 1. The van der Waals surface area contributed by atoms with E-state index in [1.807, 2.05) is 30.7 Å². The Labute approximate surface area is 167 Å². The SMILES string of the molecule is CCC(CN1CCOCC1)NC(=O)Cc1c(C)nn(-c2ccccc2C)c1C. The molecule has 1 aliphatic heterocycles. The van der Waals surface area contributed by atoms with Gasteiger partial charge in [0.15, 0.2) is 0 Å². The molecule has 28 heavy (non-hydrogen) atoms. The van der Waals surface area contributed by atoms with Crippen LogP contribution in [0.2, 0.25) is 0 Å². The van der Waals surface area contributed by atoms with E-state index in [-0.39, 0.29) is 11.9 Å². The fourth-order valence-corrected chi connectivity index (χ4v) is 3.78. The number of hydrogen-bond acceptors (Lipinski definition) is 4. The van der Waals surface area contributed by atoms with Crippen molar-refractivity contribution in [2.24, 2.45) is 0 Å². The second kappa shape index (κ2) is 9.34. The van der Waals surface area contributed by atoms with Gasteiger partial charge in [-0.25, -0.2) is 4.68 Å². The standard InChI is InChI=1S/C22H32N4O2/c1-5-19(15-25-10-12-28-13-11-25)23-22(27)14-20-17(3)24-26(18(20)4)21-9-7-6-8-16(21)2/h6-9,19H,5,10-15H2,1-4H3,(H,23,27). The minimum absolute atomic E-state index is 0.0654. The van der Waals surface area contributed by atoms with Crippen molar-refractivity contribution in [2.45, 2.75) is 46.6 Å². The van der Waals surface area contributed by atoms with Crippen LogP contribution in [0.3, 0.4) is 0 Å². The van der Waals surface area contributed by atoms with Crippen molar-refractivity contribution in [1.82, 2.24) is 20.0 Å². The van der Waals surface area contributed by atoms with E-state index in [1.54, 1.807) is 0 Å². The number of benzene rings is 1. The Morgan fingerprint density at radius 3 is 2.61 bits per heavy atom. The number of carbonyl (C=O) groups is 1. The van der Waals surface area contributed by atoms with E-state index in [1.165, 1.54) is 5.56 Å². The van der Waals surface area contributed by atoms with Crippen LogP contribution in [0.1, 0.15) is 35.9 Å². The van der Waals surface area contributed by atoms with Crippen LogP contribution in [0.15, 0.2) is 24.3 Å². The highest BCUT2D eigenvalue weighted by atomic mass is 16.5. The van der Waals surface area contributed by atoms with Crippen molar-refractivity contribution >= 4 is 5.91 Å². The molecule has 0 saturated carbocycles. The highest BCUT2D eigenvalue weighted by Gasteiger charge is 2.20. The molecule has 1 atom stereocenters. The van der Waals surface area contributed by atoms with Crippen LogP contribution in [0, 0.1) is 20.8 Å². The quantitative estimate of drug-likeness (QED) is 0.797. The van der Waals surface area contributed by atoms with Gasteiger partial charge >= 0.3 is 0 Å². The van der Waals surface area contributed by atoms with Crippen LogP contribution in [-0.4, -0.2) is 59.5 Å². The van der Waals surface area contributed by atoms with Gasteiger partial charge in [-0.3, -0.25) is 9.69 Å². The van der Waals surface area contributed by atoms with Gasteiger partial charge in [0.05, 0.1) is 31.0 Å². The zero-order valence-corrected chi connectivity index (χ0v) is 17.5. The third-order valence-corrected chi connectivity index (χ3v) is 5.56. The smallest absolute Gasteiger partial charge is 0.224 e. The van der Waals surface area contributed by atoms with Crippen molar-refractivity contribution in [2.75, 3.05) is 32.8 Å². The molecule has 0 aliphatic carbocycles. The third kappa shape index (κ3) is 4.80. The van der Waals surface area contributed by atoms with Crippen LogP contribution in [-0.2, 0) is 16.0 Å². The second-order valence-corrected chi connectivity index (χ2v) is 7.61. The van der Waals surface area contributed by atoms with Gasteiger partial charge in [0, 0.05) is 36.9 Å². The summed E-state index contributed by atoms with van der Waals surface area (Å²) in [4.78, 5) is 15.1. The van der Waals surface area contributed by atoms with Crippen LogP contribution in [0.5, 0.6) is 0 Å². The monoisotopic (exact) mass is 384 g/mol. The predicted octanol–water partition coefficient (Wildman–Crippen LogP) is 2.57. The van der Waals surface area contributed by atoms with E-state index in [4.69, 9.17) is 9.84 Å². The van der Waals surface area contributed by atoms with Crippen molar-refractivity contribution < 1.29 is 9.53 Å². The Bertz CT molecular complexity index is 809. The van der Waals surface area contributed by atoms with E-state index in [0.29, 0.717) is 6.42 Å². The van der Waals surface area contributed by atoms with Gasteiger partial charge in [-0.15, -0.1) is 0 Å². The van der Waals surface area contributed by atoms with Crippen LogP contribution in [0.4, 0.5) is 0 Å². The first-order chi connectivity index (χ1) is 13.5. The maximum absolute atomic E-state index is 12.7. The number of rotatable bonds is 7. The lowest BCUT2D eigenvalue weighted by Crippen LogP contribution is -2.47. The summed E-state index contributed by atoms with van der Waals surface area (Å²) < 4.78 is 7.37. The number of nitrogens with one attached hydrogen (secondary N) is 1. The van der Waals surface area contributed by atoms with Gasteiger partial charge < -0.3 is 10.1 Å². The summed E-state index contributed by atoms with van der Waals surface area (Å²) in [5.74, 6) is 0.0654. The lowest BCUT2D eigenvalue weighted by molar-refractivity contribution is -0.121. The molecular formula is C22H32N4O2. The van der Waals surface area contributed by atoms with Crippen LogP contribution in [0.25, 0.3) is 5.69 Å². The lowest BCUT2D eigenvalue weighted by atomic mass is 10.1. The Balaban J connectivity index is 1.67.